The molecule has 2 rings (SSSR count). The molecule has 0 aliphatic carbocycles. The van der Waals surface area contributed by atoms with Gasteiger partial charge in [-0.1, -0.05) is 6.92 Å². The number of halogens is 2. The number of carbonyl (C=O) groups excluding carboxylic acids is 1. The molecule has 2 saturated heterocycles. The van der Waals surface area contributed by atoms with Gasteiger partial charge in [-0.05, 0) is 25.9 Å². The molecular weight excluding hydrogens is 273 g/mol. The van der Waals surface area contributed by atoms with Gasteiger partial charge in [-0.15, -0.1) is 24.8 Å². The molecule has 0 aromatic rings. The molecule has 2 aliphatic rings. The molecule has 1 N–H and O–H groups in total. The summed E-state index contributed by atoms with van der Waals surface area (Å²) < 4.78 is 0. The van der Waals surface area contributed by atoms with Crippen molar-refractivity contribution in [3.63, 3.8) is 0 Å². The lowest BCUT2D eigenvalue weighted by molar-refractivity contribution is -0.133. The van der Waals surface area contributed by atoms with Crippen molar-refractivity contribution in [3.05, 3.63) is 0 Å². The second-order valence-electron chi connectivity index (χ2n) is 4.81. The summed E-state index contributed by atoms with van der Waals surface area (Å²) >= 11 is 0. The Morgan fingerprint density at radius 2 is 1.89 bits per heavy atom. The SMILES string of the molecule is CCN1CCN(C(=O)CC2CCCN2)CC1.Cl.Cl. The molecule has 0 aromatic heterocycles. The Hall–Kier alpha value is -0.0300. The summed E-state index contributed by atoms with van der Waals surface area (Å²) in [5.74, 6) is 0.343. The van der Waals surface area contributed by atoms with Gasteiger partial charge in [0.25, 0.3) is 0 Å². The van der Waals surface area contributed by atoms with Gasteiger partial charge in [0.15, 0.2) is 0 Å². The number of hydrogen-bond donors (Lipinski definition) is 1. The van der Waals surface area contributed by atoms with E-state index in [9.17, 15) is 4.79 Å². The van der Waals surface area contributed by atoms with E-state index in [1.165, 1.54) is 12.8 Å². The van der Waals surface area contributed by atoms with Gasteiger partial charge in [0.2, 0.25) is 5.91 Å². The number of carbonyl (C=O) groups is 1. The zero-order valence-electron chi connectivity index (χ0n) is 11.1. The van der Waals surface area contributed by atoms with Crippen LogP contribution in [0.5, 0.6) is 0 Å². The molecule has 4 nitrogen and oxygen atoms in total. The van der Waals surface area contributed by atoms with E-state index in [4.69, 9.17) is 0 Å². The Bertz CT molecular complexity index is 239. The topological polar surface area (TPSA) is 35.6 Å². The van der Waals surface area contributed by atoms with E-state index in [1.807, 2.05) is 4.90 Å². The van der Waals surface area contributed by atoms with Gasteiger partial charge in [0.05, 0.1) is 0 Å². The van der Waals surface area contributed by atoms with Crippen LogP contribution < -0.4 is 5.32 Å². The van der Waals surface area contributed by atoms with E-state index in [2.05, 4.69) is 17.1 Å². The summed E-state index contributed by atoms with van der Waals surface area (Å²) in [5, 5.41) is 3.39. The second kappa shape index (κ2) is 8.97. The molecule has 6 heteroatoms. The average Bonchev–Trinajstić information content (AvgIpc) is 2.82. The van der Waals surface area contributed by atoms with E-state index in [0.29, 0.717) is 18.4 Å². The van der Waals surface area contributed by atoms with Crippen molar-refractivity contribution in [2.75, 3.05) is 39.3 Å². The minimum atomic E-state index is 0. The van der Waals surface area contributed by atoms with E-state index in [1.54, 1.807) is 0 Å². The van der Waals surface area contributed by atoms with Crippen molar-refractivity contribution in [1.29, 1.82) is 0 Å². The fourth-order valence-electron chi connectivity index (χ4n) is 2.58. The highest BCUT2D eigenvalue weighted by Crippen LogP contribution is 2.11. The number of amides is 1. The quantitative estimate of drug-likeness (QED) is 0.848. The van der Waals surface area contributed by atoms with Crippen LogP contribution in [0.3, 0.4) is 0 Å². The molecule has 0 saturated carbocycles. The number of hydrogen-bond acceptors (Lipinski definition) is 3. The van der Waals surface area contributed by atoms with E-state index in [-0.39, 0.29) is 24.8 Å². The first-order valence-electron chi connectivity index (χ1n) is 6.53. The highest BCUT2D eigenvalue weighted by molar-refractivity contribution is 5.85. The standard InChI is InChI=1S/C12H23N3O.2ClH/c1-2-14-6-8-15(9-7-14)12(16)10-11-4-3-5-13-11;;/h11,13H,2-10H2,1H3;2*1H. The first kappa shape index (κ1) is 18.0. The predicted molar refractivity (Wildman–Crippen MR) is 78.8 cm³/mol. The van der Waals surface area contributed by atoms with Crippen LogP contribution in [-0.2, 0) is 4.79 Å². The molecule has 2 aliphatic heterocycles. The number of rotatable bonds is 3. The average molecular weight is 298 g/mol. The van der Waals surface area contributed by atoms with Crippen molar-refractivity contribution < 1.29 is 4.79 Å². The first-order chi connectivity index (χ1) is 7.79. The van der Waals surface area contributed by atoms with Crippen LogP contribution in [0, 0.1) is 0 Å². The summed E-state index contributed by atoms with van der Waals surface area (Å²) in [5.41, 5.74) is 0. The molecule has 0 aromatic carbocycles. The lowest BCUT2D eigenvalue weighted by atomic mass is 10.1. The van der Waals surface area contributed by atoms with E-state index < -0.39 is 0 Å². The maximum atomic E-state index is 12.0. The summed E-state index contributed by atoms with van der Waals surface area (Å²) in [6, 6.07) is 0.441. The van der Waals surface area contributed by atoms with Crippen molar-refractivity contribution in [3.8, 4) is 0 Å². The lowest BCUT2D eigenvalue weighted by Crippen LogP contribution is -2.49. The highest BCUT2D eigenvalue weighted by Gasteiger charge is 2.24. The van der Waals surface area contributed by atoms with Gasteiger partial charge in [-0.2, -0.15) is 0 Å². The Balaban J connectivity index is 0.00000144. The normalized spacial score (nSPS) is 24.3. The minimum absolute atomic E-state index is 0. The van der Waals surface area contributed by atoms with Crippen LogP contribution in [0.15, 0.2) is 0 Å². The van der Waals surface area contributed by atoms with Gasteiger partial charge in [-0.25, -0.2) is 0 Å². The lowest BCUT2D eigenvalue weighted by Gasteiger charge is -2.34. The van der Waals surface area contributed by atoms with Crippen LogP contribution in [-0.4, -0.2) is 61.0 Å². The van der Waals surface area contributed by atoms with Crippen LogP contribution >= 0.6 is 24.8 Å². The van der Waals surface area contributed by atoms with Gasteiger partial charge >= 0.3 is 0 Å². The number of likely N-dealkylation sites (N-methyl/N-ethyl adjacent to an activating group) is 1. The summed E-state index contributed by atoms with van der Waals surface area (Å²) in [6.45, 7) is 8.28. The molecule has 2 fully saturated rings. The van der Waals surface area contributed by atoms with Gasteiger partial charge < -0.3 is 15.1 Å². The predicted octanol–water partition coefficient (Wildman–Crippen LogP) is 1.14. The molecule has 1 unspecified atom stereocenters. The van der Waals surface area contributed by atoms with Gasteiger partial charge in [0, 0.05) is 38.6 Å². The summed E-state index contributed by atoms with van der Waals surface area (Å²) in [6.07, 6.45) is 3.09. The van der Waals surface area contributed by atoms with Gasteiger partial charge in [0.1, 0.15) is 0 Å². The third-order valence-electron chi connectivity index (χ3n) is 3.76. The molecule has 1 amide bonds. The van der Waals surface area contributed by atoms with Crippen LogP contribution in [0.1, 0.15) is 26.2 Å². The van der Waals surface area contributed by atoms with Crippen LogP contribution in [0.4, 0.5) is 0 Å². The minimum Gasteiger partial charge on any atom is -0.340 e. The first-order valence-corrected chi connectivity index (χ1v) is 6.53. The van der Waals surface area contributed by atoms with Crippen molar-refractivity contribution in [1.82, 2.24) is 15.1 Å². The molecular formula is C12H25Cl2N3O. The fourth-order valence-corrected chi connectivity index (χ4v) is 2.58. The largest absolute Gasteiger partial charge is 0.340 e. The zero-order valence-corrected chi connectivity index (χ0v) is 12.7. The van der Waals surface area contributed by atoms with E-state index in [0.717, 1.165) is 39.3 Å². The van der Waals surface area contributed by atoms with Crippen molar-refractivity contribution in [2.45, 2.75) is 32.2 Å². The number of nitrogens with zero attached hydrogens (tertiary/aromatic N) is 2. The Morgan fingerprint density at radius 3 is 2.39 bits per heavy atom. The maximum Gasteiger partial charge on any atom is 0.224 e. The monoisotopic (exact) mass is 297 g/mol. The molecule has 0 radical (unpaired) electrons. The Labute approximate surface area is 122 Å². The number of piperazine rings is 1. The van der Waals surface area contributed by atoms with Crippen LogP contribution in [0.25, 0.3) is 0 Å². The summed E-state index contributed by atoms with van der Waals surface area (Å²) in [4.78, 5) is 16.5. The van der Waals surface area contributed by atoms with Crippen molar-refractivity contribution >= 4 is 30.7 Å². The second-order valence-corrected chi connectivity index (χ2v) is 4.81. The Kier molecular flexibility index (Phi) is 8.95. The molecule has 0 bridgehead atoms. The molecule has 18 heavy (non-hydrogen) atoms. The third kappa shape index (κ3) is 4.92. The zero-order chi connectivity index (χ0) is 11.4. The highest BCUT2D eigenvalue weighted by atomic mass is 35.5. The molecule has 0 spiro atoms. The number of nitrogens with one attached hydrogen (secondary N) is 1. The summed E-state index contributed by atoms with van der Waals surface area (Å²) in [7, 11) is 0. The van der Waals surface area contributed by atoms with Crippen molar-refractivity contribution in [2.24, 2.45) is 0 Å². The third-order valence-corrected chi connectivity index (χ3v) is 3.76. The van der Waals surface area contributed by atoms with E-state index >= 15 is 0 Å². The molecule has 1 atom stereocenters. The fraction of sp³-hybridized carbons (Fsp3) is 0.917. The Morgan fingerprint density at radius 1 is 1.22 bits per heavy atom. The smallest absolute Gasteiger partial charge is 0.224 e. The molecule has 108 valence electrons. The molecule has 2 heterocycles. The van der Waals surface area contributed by atoms with Gasteiger partial charge in [-0.3, -0.25) is 4.79 Å². The van der Waals surface area contributed by atoms with Crippen LogP contribution in [0.2, 0.25) is 0 Å². The maximum absolute atomic E-state index is 12.0.